The van der Waals surface area contributed by atoms with E-state index in [1.165, 1.54) is 12.1 Å². The van der Waals surface area contributed by atoms with Gasteiger partial charge in [0.2, 0.25) is 5.91 Å². The van der Waals surface area contributed by atoms with Crippen molar-refractivity contribution in [2.24, 2.45) is 5.92 Å². The lowest BCUT2D eigenvalue weighted by Gasteiger charge is -2.25. The average molecular weight is 300 g/mol. The Morgan fingerprint density at radius 3 is 2.70 bits per heavy atom. The predicted molar refractivity (Wildman–Crippen MR) is 76.1 cm³/mol. The molecule has 0 atom stereocenters. The zero-order chi connectivity index (χ0) is 14.5. The Morgan fingerprint density at radius 1 is 1.35 bits per heavy atom. The lowest BCUT2D eigenvalue weighted by Crippen LogP contribution is -2.33. The first-order valence-electron chi connectivity index (χ1n) is 6.94. The van der Waals surface area contributed by atoms with E-state index < -0.39 is 5.82 Å². The number of carbonyl (C=O) groups is 1. The molecule has 0 aromatic heterocycles. The molecule has 0 saturated heterocycles. The van der Waals surface area contributed by atoms with E-state index in [0.29, 0.717) is 12.5 Å². The molecule has 0 unspecified atom stereocenters. The first-order valence-corrected chi connectivity index (χ1v) is 7.31. The van der Waals surface area contributed by atoms with E-state index in [1.807, 2.05) is 0 Å². The molecule has 1 aliphatic carbocycles. The third-order valence-electron chi connectivity index (χ3n) is 3.80. The molecule has 1 amide bonds. The third-order valence-corrected chi connectivity index (χ3v) is 4.16. The predicted octanol–water partition coefficient (Wildman–Crippen LogP) is 2.69. The van der Waals surface area contributed by atoms with Gasteiger partial charge in [-0.25, -0.2) is 4.39 Å². The molecule has 110 valence electrons. The molecule has 1 aromatic rings. The summed E-state index contributed by atoms with van der Waals surface area (Å²) in [6.07, 6.45) is 3.18. The van der Waals surface area contributed by atoms with Crippen LogP contribution < -0.4 is 5.32 Å². The highest BCUT2D eigenvalue weighted by molar-refractivity contribution is 6.31. The van der Waals surface area contributed by atoms with Gasteiger partial charge in [0, 0.05) is 17.1 Å². The van der Waals surface area contributed by atoms with E-state index >= 15 is 0 Å². The molecule has 1 fully saturated rings. The van der Waals surface area contributed by atoms with Crippen LogP contribution >= 0.6 is 11.6 Å². The lowest BCUT2D eigenvalue weighted by atomic mass is 9.87. The molecular weight excluding hydrogens is 281 g/mol. The molecule has 0 radical (unpaired) electrons. The second kappa shape index (κ2) is 7.04. The number of nitrogens with one attached hydrogen (secondary N) is 1. The topological polar surface area (TPSA) is 49.3 Å². The normalized spacial score (nSPS) is 22.6. The molecule has 2 rings (SSSR count). The number of carbonyl (C=O) groups excluding carboxylic acids is 1. The van der Waals surface area contributed by atoms with Gasteiger partial charge in [0.15, 0.2) is 0 Å². The van der Waals surface area contributed by atoms with Crippen LogP contribution in [-0.4, -0.2) is 23.7 Å². The van der Waals surface area contributed by atoms with E-state index in [1.54, 1.807) is 6.07 Å². The van der Waals surface area contributed by atoms with Crippen LogP contribution in [0.25, 0.3) is 0 Å². The van der Waals surface area contributed by atoms with Crippen molar-refractivity contribution in [3.8, 4) is 0 Å². The Balaban J connectivity index is 1.81. The van der Waals surface area contributed by atoms with Crippen molar-refractivity contribution in [3.63, 3.8) is 0 Å². The molecule has 20 heavy (non-hydrogen) atoms. The number of aliphatic hydroxyl groups excluding tert-OH is 1. The molecule has 3 nitrogen and oxygen atoms in total. The molecule has 0 bridgehead atoms. The molecule has 2 N–H and O–H groups in total. The number of aliphatic hydroxyl groups is 1. The Hall–Kier alpha value is -1.13. The van der Waals surface area contributed by atoms with Gasteiger partial charge in [-0.2, -0.15) is 0 Å². The van der Waals surface area contributed by atoms with Gasteiger partial charge in [0.05, 0.1) is 12.5 Å². The first kappa shape index (κ1) is 15.3. The Bertz CT molecular complexity index is 453. The van der Waals surface area contributed by atoms with Crippen molar-refractivity contribution in [2.75, 3.05) is 6.54 Å². The Kier molecular flexibility index (Phi) is 5.38. The van der Waals surface area contributed by atoms with Crippen LogP contribution in [0.1, 0.15) is 31.2 Å². The zero-order valence-corrected chi connectivity index (χ0v) is 12.0. The fraction of sp³-hybridized carbons (Fsp3) is 0.533. The fourth-order valence-electron chi connectivity index (χ4n) is 2.53. The smallest absolute Gasteiger partial charge is 0.224 e. The summed E-state index contributed by atoms with van der Waals surface area (Å²) in [7, 11) is 0. The average Bonchev–Trinajstić information content (AvgIpc) is 2.42. The van der Waals surface area contributed by atoms with Crippen molar-refractivity contribution in [1.82, 2.24) is 5.32 Å². The highest BCUT2D eigenvalue weighted by Gasteiger charge is 2.20. The van der Waals surface area contributed by atoms with Crippen LogP contribution in [0.2, 0.25) is 5.02 Å². The molecule has 0 heterocycles. The van der Waals surface area contributed by atoms with Crippen molar-refractivity contribution in [2.45, 2.75) is 38.2 Å². The maximum Gasteiger partial charge on any atom is 0.224 e. The van der Waals surface area contributed by atoms with E-state index in [0.717, 1.165) is 25.7 Å². The quantitative estimate of drug-likeness (QED) is 0.898. The summed E-state index contributed by atoms with van der Waals surface area (Å²) in [5.74, 6) is -0.269. The largest absolute Gasteiger partial charge is 0.393 e. The minimum absolute atomic E-state index is 0.0408. The summed E-state index contributed by atoms with van der Waals surface area (Å²) < 4.78 is 13.6. The van der Waals surface area contributed by atoms with E-state index in [4.69, 9.17) is 11.6 Å². The van der Waals surface area contributed by atoms with Crippen molar-refractivity contribution >= 4 is 17.5 Å². The summed E-state index contributed by atoms with van der Waals surface area (Å²) in [5.41, 5.74) is 0.241. The molecule has 0 aliphatic heterocycles. The van der Waals surface area contributed by atoms with Gasteiger partial charge in [0.1, 0.15) is 5.82 Å². The standard InChI is InChI=1S/C15H19ClFNO2/c16-13-2-1-3-14(17)12(13)8-15(20)18-9-10-4-6-11(19)7-5-10/h1-3,10-11,19H,4-9H2,(H,18,20). The van der Waals surface area contributed by atoms with Gasteiger partial charge in [-0.1, -0.05) is 17.7 Å². The lowest BCUT2D eigenvalue weighted by molar-refractivity contribution is -0.120. The van der Waals surface area contributed by atoms with Gasteiger partial charge >= 0.3 is 0 Å². The summed E-state index contributed by atoms with van der Waals surface area (Å²) in [4.78, 5) is 11.8. The second-order valence-electron chi connectivity index (χ2n) is 5.36. The van der Waals surface area contributed by atoms with E-state index in [9.17, 15) is 14.3 Å². The number of benzene rings is 1. The molecule has 0 spiro atoms. The van der Waals surface area contributed by atoms with Crippen molar-refractivity contribution < 1.29 is 14.3 Å². The molecular formula is C15H19ClFNO2. The van der Waals surface area contributed by atoms with Gasteiger partial charge in [-0.05, 0) is 43.7 Å². The van der Waals surface area contributed by atoms with Crippen LogP contribution in [0.3, 0.4) is 0 Å². The SMILES string of the molecule is O=C(Cc1c(F)cccc1Cl)NCC1CCC(O)CC1. The Morgan fingerprint density at radius 2 is 2.05 bits per heavy atom. The van der Waals surface area contributed by atoms with Crippen LogP contribution in [0.5, 0.6) is 0 Å². The van der Waals surface area contributed by atoms with Crippen LogP contribution in [0.15, 0.2) is 18.2 Å². The van der Waals surface area contributed by atoms with Gasteiger partial charge in [0.25, 0.3) is 0 Å². The minimum atomic E-state index is -0.451. The minimum Gasteiger partial charge on any atom is -0.393 e. The number of hydrogen-bond acceptors (Lipinski definition) is 2. The number of rotatable bonds is 4. The molecule has 1 aromatic carbocycles. The highest BCUT2D eigenvalue weighted by atomic mass is 35.5. The monoisotopic (exact) mass is 299 g/mol. The van der Waals surface area contributed by atoms with Crippen LogP contribution in [-0.2, 0) is 11.2 Å². The van der Waals surface area contributed by atoms with Gasteiger partial charge in [-0.3, -0.25) is 4.79 Å². The van der Waals surface area contributed by atoms with E-state index in [-0.39, 0.29) is 29.0 Å². The third kappa shape index (κ3) is 4.18. The van der Waals surface area contributed by atoms with Gasteiger partial charge < -0.3 is 10.4 Å². The van der Waals surface area contributed by atoms with Crippen LogP contribution in [0, 0.1) is 11.7 Å². The number of amides is 1. The number of halogens is 2. The van der Waals surface area contributed by atoms with Crippen LogP contribution in [0.4, 0.5) is 4.39 Å². The second-order valence-corrected chi connectivity index (χ2v) is 5.76. The Labute approximate surface area is 123 Å². The maximum absolute atomic E-state index is 13.6. The molecule has 1 aliphatic rings. The molecule has 5 heteroatoms. The van der Waals surface area contributed by atoms with Crippen molar-refractivity contribution in [3.05, 3.63) is 34.6 Å². The first-order chi connectivity index (χ1) is 9.56. The summed E-state index contributed by atoms with van der Waals surface area (Å²) in [6, 6.07) is 4.40. The summed E-state index contributed by atoms with van der Waals surface area (Å²) >= 11 is 5.89. The summed E-state index contributed by atoms with van der Waals surface area (Å²) in [6.45, 7) is 0.581. The zero-order valence-electron chi connectivity index (χ0n) is 11.2. The summed E-state index contributed by atoms with van der Waals surface area (Å²) in [5, 5.41) is 12.5. The number of hydrogen-bond donors (Lipinski definition) is 2. The van der Waals surface area contributed by atoms with Gasteiger partial charge in [-0.15, -0.1) is 0 Å². The van der Waals surface area contributed by atoms with Crippen molar-refractivity contribution in [1.29, 1.82) is 0 Å². The molecule has 1 saturated carbocycles. The van der Waals surface area contributed by atoms with E-state index in [2.05, 4.69) is 5.32 Å². The fourth-order valence-corrected chi connectivity index (χ4v) is 2.76. The maximum atomic E-state index is 13.6. The highest BCUT2D eigenvalue weighted by Crippen LogP contribution is 2.23.